The molecular formula is C12H16N2O5S. The second-order valence-electron chi connectivity index (χ2n) is 4.32. The Hall–Kier alpha value is -1.93. The number of rotatable bonds is 7. The predicted molar refractivity (Wildman–Crippen MR) is 71.4 cm³/mol. The summed E-state index contributed by atoms with van der Waals surface area (Å²) >= 11 is 0. The Balaban J connectivity index is 2.88. The Morgan fingerprint density at radius 3 is 2.30 bits per heavy atom. The minimum absolute atomic E-state index is 0.00956. The van der Waals surface area contributed by atoms with E-state index in [1.54, 1.807) is 12.1 Å². The largest absolute Gasteiger partial charge is 0.481 e. The van der Waals surface area contributed by atoms with Crippen molar-refractivity contribution in [1.82, 2.24) is 4.72 Å². The number of primary amides is 1. The maximum absolute atomic E-state index is 12.0. The molecule has 110 valence electrons. The second-order valence-corrected chi connectivity index (χ2v) is 6.04. The van der Waals surface area contributed by atoms with Gasteiger partial charge in [0.25, 0.3) is 0 Å². The third kappa shape index (κ3) is 4.63. The Morgan fingerprint density at radius 1 is 1.30 bits per heavy atom. The number of amides is 1. The lowest BCUT2D eigenvalue weighted by atomic mass is 10.1. The summed E-state index contributed by atoms with van der Waals surface area (Å²) in [5, 5.41) is 8.56. The number of aliphatic carboxylic acids is 1. The Bertz CT molecular complexity index is 595. The summed E-state index contributed by atoms with van der Waals surface area (Å²) in [6.45, 7) is 1.81. The Labute approximate surface area is 116 Å². The molecule has 0 aliphatic heterocycles. The van der Waals surface area contributed by atoms with Crippen LogP contribution < -0.4 is 10.5 Å². The van der Waals surface area contributed by atoms with E-state index >= 15 is 0 Å². The van der Waals surface area contributed by atoms with Crippen molar-refractivity contribution in [3.63, 3.8) is 0 Å². The summed E-state index contributed by atoms with van der Waals surface area (Å²) in [7, 11) is -3.91. The van der Waals surface area contributed by atoms with Crippen molar-refractivity contribution in [1.29, 1.82) is 0 Å². The number of hydrogen-bond acceptors (Lipinski definition) is 4. The van der Waals surface area contributed by atoms with Crippen molar-refractivity contribution in [3.8, 4) is 0 Å². The van der Waals surface area contributed by atoms with Crippen molar-refractivity contribution >= 4 is 21.9 Å². The minimum atomic E-state index is -3.91. The highest BCUT2D eigenvalue weighted by atomic mass is 32.2. The first-order chi connectivity index (χ1) is 9.22. The lowest BCUT2D eigenvalue weighted by molar-refractivity contribution is -0.137. The van der Waals surface area contributed by atoms with Crippen molar-refractivity contribution < 1.29 is 23.1 Å². The van der Waals surface area contributed by atoms with Crippen LogP contribution in [0.5, 0.6) is 0 Å². The predicted octanol–water partition coefficient (Wildman–Crippen LogP) is -0.00798. The van der Waals surface area contributed by atoms with Crippen LogP contribution in [0.1, 0.15) is 18.4 Å². The first-order valence-electron chi connectivity index (χ1n) is 5.82. The Morgan fingerprint density at radius 2 is 1.85 bits per heavy atom. The van der Waals surface area contributed by atoms with Gasteiger partial charge in [-0.15, -0.1) is 0 Å². The van der Waals surface area contributed by atoms with Gasteiger partial charge in [-0.25, -0.2) is 8.42 Å². The molecule has 1 rings (SSSR count). The summed E-state index contributed by atoms with van der Waals surface area (Å²) in [5.41, 5.74) is 5.96. The van der Waals surface area contributed by atoms with Gasteiger partial charge in [0.05, 0.1) is 4.90 Å². The zero-order valence-corrected chi connectivity index (χ0v) is 11.7. The van der Waals surface area contributed by atoms with Crippen LogP contribution in [-0.2, 0) is 19.6 Å². The van der Waals surface area contributed by atoms with E-state index in [4.69, 9.17) is 10.8 Å². The highest BCUT2D eigenvalue weighted by Gasteiger charge is 2.24. The van der Waals surface area contributed by atoms with Crippen LogP contribution in [0.15, 0.2) is 29.2 Å². The number of carbonyl (C=O) groups excluding carboxylic acids is 1. The van der Waals surface area contributed by atoms with Gasteiger partial charge in [-0.3, -0.25) is 9.59 Å². The van der Waals surface area contributed by atoms with Gasteiger partial charge in [0.1, 0.15) is 6.04 Å². The van der Waals surface area contributed by atoms with Crippen LogP contribution in [-0.4, -0.2) is 31.4 Å². The summed E-state index contributed by atoms with van der Waals surface area (Å²) in [6, 6.07) is 4.77. The summed E-state index contributed by atoms with van der Waals surface area (Å²) < 4.78 is 26.2. The number of nitrogens with one attached hydrogen (secondary N) is 1. The molecule has 0 heterocycles. The molecule has 0 bridgehead atoms. The number of hydrogen-bond donors (Lipinski definition) is 3. The molecule has 0 aliphatic rings. The number of benzene rings is 1. The summed E-state index contributed by atoms with van der Waals surface area (Å²) in [4.78, 5) is 21.6. The molecule has 0 fully saturated rings. The molecule has 4 N–H and O–H groups in total. The molecule has 0 saturated carbocycles. The molecule has 0 radical (unpaired) electrons. The molecule has 0 saturated heterocycles. The van der Waals surface area contributed by atoms with Gasteiger partial charge in [0.15, 0.2) is 0 Å². The summed E-state index contributed by atoms with van der Waals surface area (Å²) in [5.74, 6) is -2.05. The van der Waals surface area contributed by atoms with Gasteiger partial charge in [-0.2, -0.15) is 4.72 Å². The first kappa shape index (κ1) is 16.1. The molecule has 1 atom stereocenters. The fourth-order valence-corrected chi connectivity index (χ4v) is 2.74. The molecule has 1 aromatic rings. The van der Waals surface area contributed by atoms with Crippen molar-refractivity contribution in [2.75, 3.05) is 0 Å². The van der Waals surface area contributed by atoms with E-state index in [1.807, 2.05) is 6.92 Å². The van der Waals surface area contributed by atoms with Crippen molar-refractivity contribution in [2.45, 2.75) is 30.7 Å². The fraction of sp³-hybridized carbons (Fsp3) is 0.333. The normalized spacial score (nSPS) is 12.8. The zero-order valence-electron chi connectivity index (χ0n) is 10.9. The molecule has 1 aromatic carbocycles. The number of carboxylic acids is 1. The Kier molecular flexibility index (Phi) is 5.23. The average molecular weight is 300 g/mol. The lowest BCUT2D eigenvalue weighted by Crippen LogP contribution is -2.44. The highest BCUT2D eigenvalue weighted by Crippen LogP contribution is 2.11. The molecule has 0 aromatic heterocycles. The summed E-state index contributed by atoms with van der Waals surface area (Å²) in [6.07, 6.45) is -0.556. The van der Waals surface area contributed by atoms with E-state index in [1.165, 1.54) is 12.1 Å². The van der Waals surface area contributed by atoms with Crippen LogP contribution in [0.3, 0.4) is 0 Å². The van der Waals surface area contributed by atoms with Gasteiger partial charge < -0.3 is 10.8 Å². The molecule has 8 heteroatoms. The number of carbonyl (C=O) groups is 2. The quantitative estimate of drug-likeness (QED) is 0.653. The van der Waals surface area contributed by atoms with Gasteiger partial charge in [-0.1, -0.05) is 17.7 Å². The number of carboxylic acid groups (broad SMARTS) is 1. The third-order valence-electron chi connectivity index (χ3n) is 2.62. The van der Waals surface area contributed by atoms with Gasteiger partial charge in [-0.05, 0) is 25.5 Å². The number of nitrogens with two attached hydrogens (primary N) is 1. The van der Waals surface area contributed by atoms with Crippen LogP contribution >= 0.6 is 0 Å². The van der Waals surface area contributed by atoms with Crippen molar-refractivity contribution in [2.24, 2.45) is 5.73 Å². The van der Waals surface area contributed by atoms with Gasteiger partial charge in [0.2, 0.25) is 15.9 Å². The van der Waals surface area contributed by atoms with Gasteiger partial charge in [0, 0.05) is 6.42 Å². The van der Waals surface area contributed by atoms with Gasteiger partial charge >= 0.3 is 5.97 Å². The van der Waals surface area contributed by atoms with E-state index in [0.29, 0.717) is 0 Å². The van der Waals surface area contributed by atoms with Crippen LogP contribution in [0, 0.1) is 6.92 Å². The number of sulfonamides is 1. The smallest absolute Gasteiger partial charge is 0.303 e. The van der Waals surface area contributed by atoms with E-state index in [9.17, 15) is 18.0 Å². The average Bonchev–Trinajstić information content (AvgIpc) is 2.34. The molecule has 20 heavy (non-hydrogen) atoms. The van der Waals surface area contributed by atoms with Crippen molar-refractivity contribution in [3.05, 3.63) is 29.8 Å². The van der Waals surface area contributed by atoms with E-state index < -0.39 is 27.9 Å². The lowest BCUT2D eigenvalue weighted by Gasteiger charge is -2.14. The minimum Gasteiger partial charge on any atom is -0.481 e. The molecule has 0 aliphatic carbocycles. The topological polar surface area (TPSA) is 127 Å². The molecule has 0 spiro atoms. The molecule has 7 nitrogen and oxygen atoms in total. The maximum Gasteiger partial charge on any atom is 0.303 e. The number of aryl methyl sites for hydroxylation is 1. The first-order valence-corrected chi connectivity index (χ1v) is 7.31. The van der Waals surface area contributed by atoms with Crippen LogP contribution in [0.2, 0.25) is 0 Å². The molecular weight excluding hydrogens is 284 g/mol. The van der Waals surface area contributed by atoms with Crippen LogP contribution in [0.4, 0.5) is 0 Å². The molecule has 1 amide bonds. The fourth-order valence-electron chi connectivity index (χ4n) is 1.50. The van der Waals surface area contributed by atoms with Crippen LogP contribution in [0.25, 0.3) is 0 Å². The second kappa shape index (κ2) is 6.49. The zero-order chi connectivity index (χ0) is 15.3. The van der Waals surface area contributed by atoms with E-state index in [2.05, 4.69) is 4.72 Å². The SMILES string of the molecule is Cc1ccc(S(=O)(=O)N[C@@H](CCC(=O)O)C(N)=O)cc1. The monoisotopic (exact) mass is 300 g/mol. The highest BCUT2D eigenvalue weighted by molar-refractivity contribution is 7.89. The standard InChI is InChI=1S/C12H16N2O5S/c1-8-2-4-9(5-3-8)20(18,19)14-10(12(13)17)6-7-11(15)16/h2-5,10,14H,6-7H2,1H3,(H2,13,17)(H,15,16)/t10-/m0/s1. The molecule has 0 unspecified atom stereocenters. The van der Waals surface area contributed by atoms with E-state index in [0.717, 1.165) is 5.56 Å². The maximum atomic E-state index is 12.0. The van der Waals surface area contributed by atoms with E-state index in [-0.39, 0.29) is 17.7 Å². The third-order valence-corrected chi connectivity index (χ3v) is 4.11.